The van der Waals surface area contributed by atoms with E-state index in [1.54, 1.807) is 12.1 Å². The molecule has 3 rings (SSSR count). The van der Waals surface area contributed by atoms with Crippen LogP contribution in [0, 0.1) is 0 Å². The van der Waals surface area contributed by atoms with E-state index in [0.717, 1.165) is 0 Å². The van der Waals surface area contributed by atoms with Gasteiger partial charge in [0.2, 0.25) is 0 Å². The number of hydrogen-bond acceptors (Lipinski definition) is 10. The number of aromatic nitrogens is 2. The van der Waals surface area contributed by atoms with Gasteiger partial charge in [-0.2, -0.15) is 0 Å². The van der Waals surface area contributed by atoms with Crippen molar-refractivity contribution >= 4 is 16.7 Å². The molecule has 1 aromatic carbocycles. The number of benzene rings is 1. The summed E-state index contributed by atoms with van der Waals surface area (Å²) in [6.45, 7) is -0.532. The van der Waals surface area contributed by atoms with E-state index in [-0.39, 0.29) is 0 Å². The number of aliphatic hydroxyl groups excluding tert-OH is 4. The van der Waals surface area contributed by atoms with Gasteiger partial charge < -0.3 is 40.0 Å². The second-order valence-electron chi connectivity index (χ2n) is 5.85. The summed E-state index contributed by atoms with van der Waals surface area (Å²) in [7, 11) is 3.00. The first-order chi connectivity index (χ1) is 12.5. The van der Waals surface area contributed by atoms with Crippen LogP contribution in [-0.2, 0) is 4.74 Å². The molecule has 2 heterocycles. The number of aliphatic hydroxyl groups is 4. The molecule has 142 valence electrons. The summed E-state index contributed by atoms with van der Waals surface area (Å²) in [6, 6.07) is 2.26. The van der Waals surface area contributed by atoms with Crippen molar-refractivity contribution in [2.45, 2.75) is 30.6 Å². The number of rotatable bonds is 5. The first-order valence-electron chi connectivity index (χ1n) is 7.94. The van der Waals surface area contributed by atoms with Crippen molar-refractivity contribution in [3.05, 3.63) is 18.5 Å². The summed E-state index contributed by atoms with van der Waals surface area (Å²) in [5.41, 5.74) is 0.551. The Morgan fingerprint density at radius 2 is 1.77 bits per heavy atom. The fraction of sp³-hybridized carbons (Fsp3) is 0.500. The van der Waals surface area contributed by atoms with Gasteiger partial charge in [0.1, 0.15) is 36.5 Å². The van der Waals surface area contributed by atoms with Crippen LogP contribution < -0.4 is 14.8 Å². The van der Waals surface area contributed by atoms with Crippen molar-refractivity contribution in [3.63, 3.8) is 0 Å². The highest BCUT2D eigenvalue weighted by atomic mass is 16.6. The van der Waals surface area contributed by atoms with E-state index in [9.17, 15) is 15.3 Å². The van der Waals surface area contributed by atoms with Crippen molar-refractivity contribution in [2.75, 3.05) is 26.1 Å². The normalized spacial score (nSPS) is 28.8. The zero-order valence-electron chi connectivity index (χ0n) is 14.2. The fourth-order valence-electron chi connectivity index (χ4n) is 2.91. The maximum atomic E-state index is 10.3. The van der Waals surface area contributed by atoms with Crippen molar-refractivity contribution in [1.82, 2.24) is 9.97 Å². The molecule has 5 atom stereocenters. The Bertz CT molecular complexity index is 775. The van der Waals surface area contributed by atoms with Crippen molar-refractivity contribution in [3.8, 4) is 11.5 Å². The molecular formula is C16H21N3O7. The maximum absolute atomic E-state index is 10.3. The lowest BCUT2D eigenvalue weighted by molar-refractivity contribution is -0.245. The smallest absolute Gasteiger partial charge is 0.178 e. The molecule has 0 bridgehead atoms. The molecule has 0 spiro atoms. The monoisotopic (exact) mass is 367 g/mol. The topological polar surface area (TPSA) is 146 Å². The highest BCUT2D eigenvalue weighted by Gasteiger charge is 2.43. The molecule has 5 N–H and O–H groups in total. The minimum absolute atomic E-state index is 0.303. The Hall–Kier alpha value is -2.24. The molecule has 1 aliphatic heterocycles. The highest BCUT2D eigenvalue weighted by Crippen LogP contribution is 2.34. The van der Waals surface area contributed by atoms with Gasteiger partial charge >= 0.3 is 0 Å². The molecule has 10 heteroatoms. The first-order valence-corrected chi connectivity index (χ1v) is 7.94. The lowest BCUT2D eigenvalue weighted by atomic mass is 9.97. The molecule has 3 unspecified atom stereocenters. The number of hydrogen-bond donors (Lipinski definition) is 5. The molecule has 26 heavy (non-hydrogen) atoms. The van der Waals surface area contributed by atoms with E-state index >= 15 is 0 Å². The van der Waals surface area contributed by atoms with E-state index in [0.29, 0.717) is 28.2 Å². The van der Waals surface area contributed by atoms with Crippen molar-refractivity contribution in [2.24, 2.45) is 0 Å². The standard InChI is InChI=1S/C16H21N3O7/c1-24-9-3-7-8(4-10(9)25-2)17-6-18-15(7)19-12-14(22)13(21)11(5-20)26-16(12)23/h3-4,6,11-14,16,20-23H,5H2,1-2H3,(H,17,18,19)/t11-,12?,13?,14-,16?/m1/s1. The molecule has 1 aromatic heterocycles. The quantitative estimate of drug-likeness (QED) is 0.439. The van der Waals surface area contributed by atoms with Gasteiger partial charge in [0.15, 0.2) is 17.8 Å². The second kappa shape index (κ2) is 7.56. The summed E-state index contributed by atoms with van der Waals surface area (Å²) in [4.78, 5) is 8.31. The van der Waals surface area contributed by atoms with Crippen molar-refractivity contribution < 1.29 is 34.6 Å². The molecule has 0 saturated carbocycles. The molecule has 1 saturated heterocycles. The van der Waals surface area contributed by atoms with Gasteiger partial charge in [-0.05, 0) is 6.07 Å². The Labute approximate surface area is 149 Å². The van der Waals surface area contributed by atoms with Crippen LogP contribution in [0.1, 0.15) is 0 Å². The minimum Gasteiger partial charge on any atom is -0.493 e. The Morgan fingerprint density at radius 3 is 2.42 bits per heavy atom. The summed E-state index contributed by atoms with van der Waals surface area (Å²) in [5.74, 6) is 1.25. The Morgan fingerprint density at radius 1 is 1.08 bits per heavy atom. The Kier molecular flexibility index (Phi) is 5.39. The molecular weight excluding hydrogens is 346 g/mol. The third kappa shape index (κ3) is 3.24. The molecule has 1 aliphatic rings. The number of nitrogens with one attached hydrogen (secondary N) is 1. The second-order valence-corrected chi connectivity index (χ2v) is 5.85. The first kappa shape index (κ1) is 18.5. The van der Waals surface area contributed by atoms with Crippen LogP contribution in [0.15, 0.2) is 18.5 Å². The third-order valence-corrected chi connectivity index (χ3v) is 4.34. The van der Waals surface area contributed by atoms with Gasteiger partial charge in [-0.1, -0.05) is 0 Å². The van der Waals surface area contributed by atoms with Gasteiger partial charge in [-0.15, -0.1) is 0 Å². The predicted octanol–water partition coefficient (Wildman–Crippen LogP) is -1.14. The lowest BCUT2D eigenvalue weighted by Gasteiger charge is -2.40. The number of ether oxygens (including phenoxy) is 3. The zero-order valence-corrected chi connectivity index (χ0v) is 14.2. The predicted molar refractivity (Wildman–Crippen MR) is 90.0 cm³/mol. The summed E-state index contributed by atoms with van der Waals surface area (Å²) in [5, 5.41) is 43.0. The summed E-state index contributed by atoms with van der Waals surface area (Å²) in [6.07, 6.45) is -3.99. The van der Waals surface area contributed by atoms with Gasteiger partial charge in [-0.25, -0.2) is 9.97 Å². The van der Waals surface area contributed by atoms with Crippen LogP contribution in [0.5, 0.6) is 11.5 Å². The molecule has 0 aliphatic carbocycles. The summed E-state index contributed by atoms with van der Waals surface area (Å²) >= 11 is 0. The van der Waals surface area contributed by atoms with E-state index in [1.807, 2.05) is 0 Å². The Balaban J connectivity index is 1.95. The van der Waals surface area contributed by atoms with E-state index < -0.39 is 37.3 Å². The van der Waals surface area contributed by atoms with Gasteiger partial charge in [-0.3, -0.25) is 0 Å². The zero-order chi connectivity index (χ0) is 18.8. The number of fused-ring (bicyclic) bond motifs is 1. The van der Waals surface area contributed by atoms with Crippen LogP contribution in [0.4, 0.5) is 5.82 Å². The average molecular weight is 367 g/mol. The SMILES string of the molecule is COc1cc2ncnc(NC3C(O)O[C@H](CO)C(O)[C@@H]3O)c2cc1OC. The molecule has 0 radical (unpaired) electrons. The fourth-order valence-corrected chi connectivity index (χ4v) is 2.91. The molecule has 0 amide bonds. The molecule has 2 aromatic rings. The van der Waals surface area contributed by atoms with Crippen LogP contribution >= 0.6 is 0 Å². The van der Waals surface area contributed by atoms with Gasteiger partial charge in [0, 0.05) is 11.5 Å². The van der Waals surface area contributed by atoms with E-state index in [1.165, 1.54) is 20.5 Å². The minimum atomic E-state index is -1.46. The average Bonchev–Trinajstić information content (AvgIpc) is 2.66. The highest BCUT2D eigenvalue weighted by molar-refractivity contribution is 5.91. The van der Waals surface area contributed by atoms with Gasteiger partial charge in [0.25, 0.3) is 0 Å². The van der Waals surface area contributed by atoms with Crippen molar-refractivity contribution in [1.29, 1.82) is 0 Å². The van der Waals surface area contributed by atoms with Crippen LogP contribution in [-0.4, -0.2) is 81.9 Å². The largest absolute Gasteiger partial charge is 0.493 e. The number of nitrogens with zero attached hydrogens (tertiary/aromatic N) is 2. The van der Waals surface area contributed by atoms with Crippen LogP contribution in [0.2, 0.25) is 0 Å². The van der Waals surface area contributed by atoms with Crippen LogP contribution in [0.25, 0.3) is 10.9 Å². The van der Waals surface area contributed by atoms with E-state index in [2.05, 4.69) is 15.3 Å². The molecule has 1 fully saturated rings. The van der Waals surface area contributed by atoms with E-state index in [4.69, 9.17) is 19.3 Å². The lowest BCUT2D eigenvalue weighted by Crippen LogP contribution is -2.61. The molecule has 10 nitrogen and oxygen atoms in total. The summed E-state index contributed by atoms with van der Waals surface area (Å²) < 4.78 is 15.7. The van der Waals surface area contributed by atoms with Crippen LogP contribution in [0.3, 0.4) is 0 Å². The number of methoxy groups -OCH3 is 2. The third-order valence-electron chi connectivity index (χ3n) is 4.34. The number of anilines is 1. The maximum Gasteiger partial charge on any atom is 0.178 e. The van der Waals surface area contributed by atoms with Gasteiger partial charge in [0.05, 0.1) is 26.3 Å².